The van der Waals surface area contributed by atoms with Gasteiger partial charge in [0, 0.05) is 12.4 Å². The largest absolute Gasteiger partial charge is 0.307 e. The summed E-state index contributed by atoms with van der Waals surface area (Å²) in [5.74, 6) is 1.77. The Kier molecular flexibility index (Phi) is 5.54. The third kappa shape index (κ3) is 4.51. The van der Waals surface area contributed by atoms with E-state index in [9.17, 15) is 0 Å². The summed E-state index contributed by atoms with van der Waals surface area (Å²) in [4.78, 5) is 11.1. The third-order valence-corrected chi connectivity index (χ3v) is 4.44. The van der Waals surface area contributed by atoms with Gasteiger partial charge in [0.05, 0.1) is 6.54 Å². The molecular weight excluding hydrogens is 342 g/mol. The second-order valence-corrected chi connectivity index (χ2v) is 6.45. The van der Waals surface area contributed by atoms with Gasteiger partial charge in [0.15, 0.2) is 0 Å². The summed E-state index contributed by atoms with van der Waals surface area (Å²) in [6.45, 7) is 0.705. The van der Waals surface area contributed by atoms with E-state index in [0.717, 1.165) is 11.6 Å². The van der Waals surface area contributed by atoms with Crippen LogP contribution in [-0.4, -0.2) is 9.97 Å². The Balaban J connectivity index is 1.53. The summed E-state index contributed by atoms with van der Waals surface area (Å²) < 4.78 is 0. The molecule has 136 valence electrons. The number of nitrogens with zero attached hydrogens (tertiary/aromatic N) is 3. The van der Waals surface area contributed by atoms with Gasteiger partial charge >= 0.3 is 0 Å². The lowest BCUT2D eigenvalue weighted by Crippen LogP contribution is -2.18. The van der Waals surface area contributed by atoms with Gasteiger partial charge in [0.2, 0.25) is 0 Å². The summed E-state index contributed by atoms with van der Waals surface area (Å²) in [6, 6.07) is 30.8. The maximum Gasteiger partial charge on any atom is 0.134 e. The minimum Gasteiger partial charge on any atom is -0.307 e. The lowest BCUT2D eigenvalue weighted by molar-refractivity contribution is 0.923. The van der Waals surface area contributed by atoms with Crippen molar-refractivity contribution < 1.29 is 0 Å². The lowest BCUT2D eigenvalue weighted by Gasteiger charge is -2.22. The first-order valence-corrected chi connectivity index (χ1v) is 9.30. The van der Waals surface area contributed by atoms with Crippen LogP contribution in [0.15, 0.2) is 103 Å². The molecule has 4 aromatic rings. The van der Waals surface area contributed by atoms with Crippen LogP contribution in [0.2, 0.25) is 0 Å². The average Bonchev–Trinajstić information content (AvgIpc) is 2.79. The molecule has 0 aliphatic rings. The maximum absolute atomic E-state index is 4.51. The Bertz CT molecular complexity index is 972. The summed E-state index contributed by atoms with van der Waals surface area (Å²) in [5, 5.41) is 0. The summed E-state index contributed by atoms with van der Waals surface area (Å²) in [7, 11) is 0. The quantitative estimate of drug-likeness (QED) is 0.394. The SMILES string of the molecule is C(=Cc1ccc(CN(c2ccccn2)c2ccccn2)cc1)c1ccccc1. The number of hydrogen-bond acceptors (Lipinski definition) is 3. The van der Waals surface area contributed by atoms with E-state index in [1.54, 1.807) is 0 Å². The highest BCUT2D eigenvalue weighted by Gasteiger charge is 2.12. The zero-order valence-electron chi connectivity index (χ0n) is 15.5. The van der Waals surface area contributed by atoms with Crippen LogP contribution in [0.1, 0.15) is 16.7 Å². The number of anilines is 2. The molecule has 0 saturated carbocycles. The van der Waals surface area contributed by atoms with Gasteiger partial charge in [-0.2, -0.15) is 0 Å². The lowest BCUT2D eigenvalue weighted by atomic mass is 10.1. The summed E-state index contributed by atoms with van der Waals surface area (Å²) >= 11 is 0. The van der Waals surface area contributed by atoms with Crippen LogP contribution >= 0.6 is 0 Å². The molecule has 0 fully saturated rings. The van der Waals surface area contributed by atoms with Gasteiger partial charge in [-0.1, -0.05) is 78.9 Å². The topological polar surface area (TPSA) is 29.0 Å². The van der Waals surface area contributed by atoms with Crippen molar-refractivity contribution in [3.63, 3.8) is 0 Å². The predicted molar refractivity (Wildman–Crippen MR) is 116 cm³/mol. The highest BCUT2D eigenvalue weighted by atomic mass is 15.2. The first-order chi connectivity index (χ1) is 13.9. The zero-order chi connectivity index (χ0) is 19.0. The van der Waals surface area contributed by atoms with E-state index in [1.165, 1.54) is 16.7 Å². The number of pyridine rings is 2. The standard InChI is InChI=1S/C25H21N3/c1-2-8-21(9-3-1)12-13-22-14-16-23(17-15-22)20-28(24-10-4-6-18-26-24)25-11-5-7-19-27-25/h1-19H,20H2. The van der Waals surface area contributed by atoms with Crippen molar-refractivity contribution in [3.8, 4) is 0 Å². The van der Waals surface area contributed by atoms with E-state index in [0.29, 0.717) is 6.54 Å². The molecule has 0 N–H and O–H groups in total. The van der Waals surface area contributed by atoms with Crippen molar-refractivity contribution in [2.24, 2.45) is 0 Å². The fourth-order valence-corrected chi connectivity index (χ4v) is 2.98. The molecule has 4 rings (SSSR count). The Morgan fingerprint density at radius 2 is 1.11 bits per heavy atom. The van der Waals surface area contributed by atoms with Crippen molar-refractivity contribution in [2.75, 3.05) is 4.90 Å². The molecule has 3 heteroatoms. The van der Waals surface area contributed by atoms with Gasteiger partial charge in [0.25, 0.3) is 0 Å². The van der Waals surface area contributed by atoms with Gasteiger partial charge in [-0.05, 0) is 41.0 Å². The van der Waals surface area contributed by atoms with Gasteiger partial charge < -0.3 is 4.90 Å². The van der Waals surface area contributed by atoms with Crippen LogP contribution in [0.3, 0.4) is 0 Å². The molecule has 0 spiro atoms. The van der Waals surface area contributed by atoms with Gasteiger partial charge in [0.1, 0.15) is 11.6 Å². The van der Waals surface area contributed by atoms with Gasteiger partial charge in [-0.25, -0.2) is 9.97 Å². The van der Waals surface area contributed by atoms with E-state index < -0.39 is 0 Å². The molecule has 0 amide bonds. The predicted octanol–water partition coefficient (Wildman–Crippen LogP) is 5.99. The van der Waals surface area contributed by atoms with Crippen LogP contribution in [0, 0.1) is 0 Å². The molecule has 3 nitrogen and oxygen atoms in total. The molecule has 0 unspecified atom stereocenters. The minimum atomic E-state index is 0.705. The van der Waals surface area contributed by atoms with Gasteiger partial charge in [-0.3, -0.25) is 0 Å². The van der Waals surface area contributed by atoms with Crippen molar-refractivity contribution in [1.29, 1.82) is 0 Å². The molecule has 2 aromatic carbocycles. The number of hydrogen-bond donors (Lipinski definition) is 0. The maximum atomic E-state index is 4.51. The third-order valence-electron chi connectivity index (χ3n) is 4.44. The second-order valence-electron chi connectivity index (χ2n) is 6.45. The molecule has 28 heavy (non-hydrogen) atoms. The van der Waals surface area contributed by atoms with E-state index in [1.807, 2.05) is 67.0 Å². The average molecular weight is 363 g/mol. The normalized spacial score (nSPS) is 10.9. The van der Waals surface area contributed by atoms with Crippen LogP contribution in [0.4, 0.5) is 11.6 Å². The molecule has 0 bridgehead atoms. The first kappa shape index (κ1) is 17.7. The van der Waals surface area contributed by atoms with Crippen LogP contribution in [0.5, 0.6) is 0 Å². The van der Waals surface area contributed by atoms with E-state index in [2.05, 4.69) is 63.4 Å². The number of aromatic nitrogens is 2. The summed E-state index contributed by atoms with van der Waals surface area (Å²) in [5.41, 5.74) is 3.58. The van der Waals surface area contributed by atoms with Crippen molar-refractivity contribution in [2.45, 2.75) is 6.54 Å². The Hall–Kier alpha value is -3.72. The Morgan fingerprint density at radius 3 is 1.64 bits per heavy atom. The Morgan fingerprint density at radius 1 is 0.571 bits per heavy atom. The van der Waals surface area contributed by atoms with Crippen molar-refractivity contribution in [1.82, 2.24) is 9.97 Å². The molecule has 0 atom stereocenters. The van der Waals surface area contributed by atoms with Gasteiger partial charge in [-0.15, -0.1) is 0 Å². The van der Waals surface area contributed by atoms with Crippen LogP contribution < -0.4 is 4.90 Å². The monoisotopic (exact) mass is 363 g/mol. The molecule has 0 radical (unpaired) electrons. The van der Waals surface area contributed by atoms with Crippen LogP contribution in [-0.2, 0) is 6.54 Å². The van der Waals surface area contributed by atoms with E-state index in [4.69, 9.17) is 0 Å². The van der Waals surface area contributed by atoms with Crippen LogP contribution in [0.25, 0.3) is 12.2 Å². The summed E-state index contributed by atoms with van der Waals surface area (Å²) in [6.07, 6.45) is 7.88. The zero-order valence-corrected chi connectivity index (χ0v) is 15.5. The Labute approximate surface area is 165 Å². The molecule has 0 aliphatic carbocycles. The molecule has 0 saturated heterocycles. The highest BCUT2D eigenvalue weighted by molar-refractivity contribution is 5.69. The minimum absolute atomic E-state index is 0.705. The molecule has 2 heterocycles. The van der Waals surface area contributed by atoms with E-state index in [-0.39, 0.29) is 0 Å². The number of rotatable bonds is 6. The van der Waals surface area contributed by atoms with E-state index >= 15 is 0 Å². The second kappa shape index (κ2) is 8.78. The first-order valence-electron chi connectivity index (χ1n) is 9.30. The molecule has 0 aliphatic heterocycles. The van der Waals surface area contributed by atoms with Crippen molar-refractivity contribution in [3.05, 3.63) is 120 Å². The number of benzene rings is 2. The molecular formula is C25H21N3. The smallest absolute Gasteiger partial charge is 0.134 e. The highest BCUT2D eigenvalue weighted by Crippen LogP contribution is 2.23. The molecule has 2 aromatic heterocycles. The fraction of sp³-hybridized carbons (Fsp3) is 0.0400. The van der Waals surface area contributed by atoms with Crippen molar-refractivity contribution >= 4 is 23.8 Å². The fourth-order valence-electron chi connectivity index (χ4n) is 2.98.